The molecule has 0 saturated carbocycles. The summed E-state index contributed by atoms with van der Waals surface area (Å²) in [6, 6.07) is 23.3. The first-order valence-corrected chi connectivity index (χ1v) is 10.5. The Balaban J connectivity index is 1.38. The molecular formula is C26H27N5O. The van der Waals surface area contributed by atoms with E-state index in [1.165, 1.54) is 5.56 Å². The van der Waals surface area contributed by atoms with Gasteiger partial charge in [0.1, 0.15) is 0 Å². The maximum absolute atomic E-state index is 12.8. The highest BCUT2D eigenvalue weighted by Gasteiger charge is 2.10. The summed E-state index contributed by atoms with van der Waals surface area (Å²) >= 11 is 0. The van der Waals surface area contributed by atoms with Crippen LogP contribution in [0.25, 0.3) is 11.1 Å². The van der Waals surface area contributed by atoms with Gasteiger partial charge in [-0.25, -0.2) is 0 Å². The second-order valence-electron chi connectivity index (χ2n) is 7.80. The molecule has 32 heavy (non-hydrogen) atoms. The molecule has 3 aromatic carbocycles. The number of nitrogens with zero attached hydrogens (tertiary/aromatic N) is 2. The molecule has 0 aliphatic heterocycles. The zero-order chi connectivity index (χ0) is 22.5. The SMILES string of the molecule is Cc1c(CNCc2ccc(C(=O)Nc3cc(-c4ccccc4)ccc3N)cc2)cnn1C. The lowest BCUT2D eigenvalue weighted by Crippen LogP contribution is -2.15. The van der Waals surface area contributed by atoms with Crippen LogP contribution >= 0.6 is 0 Å². The smallest absolute Gasteiger partial charge is 0.255 e. The average molecular weight is 426 g/mol. The van der Waals surface area contributed by atoms with Gasteiger partial charge in [0, 0.05) is 37.0 Å². The van der Waals surface area contributed by atoms with Gasteiger partial charge < -0.3 is 16.4 Å². The molecule has 162 valence electrons. The fourth-order valence-corrected chi connectivity index (χ4v) is 3.50. The standard InChI is InChI=1S/C26H27N5O/c1-18-23(17-29-31(18)2)16-28-15-19-8-10-21(11-9-19)26(32)30-25-14-22(12-13-24(25)27)20-6-4-3-5-7-20/h3-14,17,28H,15-16,27H2,1-2H3,(H,30,32). The number of amides is 1. The fourth-order valence-electron chi connectivity index (χ4n) is 3.50. The molecule has 0 fully saturated rings. The topological polar surface area (TPSA) is 85.0 Å². The molecule has 6 heteroatoms. The van der Waals surface area contributed by atoms with Crippen LogP contribution in [-0.2, 0) is 20.1 Å². The second kappa shape index (κ2) is 9.49. The van der Waals surface area contributed by atoms with Crippen molar-refractivity contribution in [1.82, 2.24) is 15.1 Å². The van der Waals surface area contributed by atoms with Crippen molar-refractivity contribution in [2.45, 2.75) is 20.0 Å². The molecule has 1 aromatic heterocycles. The maximum Gasteiger partial charge on any atom is 0.255 e. The Bertz CT molecular complexity index is 1210. The second-order valence-corrected chi connectivity index (χ2v) is 7.80. The molecule has 0 aliphatic carbocycles. The minimum Gasteiger partial charge on any atom is -0.397 e. The number of nitrogen functional groups attached to an aromatic ring is 1. The van der Waals surface area contributed by atoms with E-state index in [-0.39, 0.29) is 5.91 Å². The Morgan fingerprint density at radius 1 is 0.969 bits per heavy atom. The molecule has 0 atom stereocenters. The van der Waals surface area contributed by atoms with E-state index >= 15 is 0 Å². The number of anilines is 2. The van der Waals surface area contributed by atoms with Crippen LogP contribution in [0.2, 0.25) is 0 Å². The van der Waals surface area contributed by atoms with E-state index in [1.54, 1.807) is 0 Å². The summed E-state index contributed by atoms with van der Waals surface area (Å²) in [4.78, 5) is 12.8. The molecule has 1 amide bonds. The van der Waals surface area contributed by atoms with Crippen LogP contribution in [0.3, 0.4) is 0 Å². The third-order valence-corrected chi connectivity index (χ3v) is 5.61. The van der Waals surface area contributed by atoms with E-state index in [9.17, 15) is 4.79 Å². The third-order valence-electron chi connectivity index (χ3n) is 5.61. The van der Waals surface area contributed by atoms with Gasteiger partial charge in [0.25, 0.3) is 5.91 Å². The van der Waals surface area contributed by atoms with Crippen molar-refractivity contribution in [3.63, 3.8) is 0 Å². The van der Waals surface area contributed by atoms with Crippen molar-refractivity contribution < 1.29 is 4.79 Å². The minimum absolute atomic E-state index is 0.188. The summed E-state index contributed by atoms with van der Waals surface area (Å²) in [5.41, 5.74) is 13.3. The van der Waals surface area contributed by atoms with Crippen LogP contribution in [0.5, 0.6) is 0 Å². The number of nitrogens with two attached hydrogens (primary N) is 1. The monoisotopic (exact) mass is 425 g/mol. The first kappa shape index (κ1) is 21.3. The zero-order valence-corrected chi connectivity index (χ0v) is 18.3. The summed E-state index contributed by atoms with van der Waals surface area (Å²) in [7, 11) is 1.94. The fraction of sp³-hybridized carbons (Fsp3) is 0.154. The van der Waals surface area contributed by atoms with E-state index in [0.29, 0.717) is 23.5 Å². The minimum atomic E-state index is -0.188. The van der Waals surface area contributed by atoms with Crippen molar-refractivity contribution in [3.8, 4) is 11.1 Å². The largest absolute Gasteiger partial charge is 0.397 e. The number of carbonyl (C=O) groups is 1. The zero-order valence-electron chi connectivity index (χ0n) is 18.3. The van der Waals surface area contributed by atoms with Crippen LogP contribution < -0.4 is 16.4 Å². The van der Waals surface area contributed by atoms with Gasteiger partial charge in [0.05, 0.1) is 17.6 Å². The summed E-state index contributed by atoms with van der Waals surface area (Å²) in [5, 5.41) is 10.6. The van der Waals surface area contributed by atoms with Crippen LogP contribution in [0.1, 0.15) is 27.2 Å². The van der Waals surface area contributed by atoms with Gasteiger partial charge in [0.15, 0.2) is 0 Å². The van der Waals surface area contributed by atoms with Crippen LogP contribution in [0.15, 0.2) is 79.0 Å². The van der Waals surface area contributed by atoms with E-state index in [4.69, 9.17) is 5.73 Å². The van der Waals surface area contributed by atoms with Gasteiger partial charge in [0.2, 0.25) is 0 Å². The number of aromatic nitrogens is 2. The summed E-state index contributed by atoms with van der Waals surface area (Å²) in [6.45, 7) is 3.51. The van der Waals surface area contributed by atoms with Crippen LogP contribution in [-0.4, -0.2) is 15.7 Å². The van der Waals surface area contributed by atoms with Gasteiger partial charge in [-0.05, 0) is 47.9 Å². The highest BCUT2D eigenvalue weighted by Crippen LogP contribution is 2.27. The van der Waals surface area contributed by atoms with E-state index in [2.05, 4.69) is 22.7 Å². The first-order valence-electron chi connectivity index (χ1n) is 10.5. The Morgan fingerprint density at radius 3 is 2.41 bits per heavy atom. The summed E-state index contributed by atoms with van der Waals surface area (Å²) in [5.74, 6) is -0.188. The lowest BCUT2D eigenvalue weighted by atomic mass is 10.0. The molecule has 6 nitrogen and oxygen atoms in total. The van der Waals surface area contributed by atoms with Crippen LogP contribution in [0, 0.1) is 6.92 Å². The molecule has 1 heterocycles. The first-order chi connectivity index (χ1) is 15.5. The predicted molar refractivity (Wildman–Crippen MR) is 129 cm³/mol. The van der Waals surface area contributed by atoms with E-state index < -0.39 is 0 Å². The molecule has 0 bridgehead atoms. The molecule has 4 N–H and O–H groups in total. The molecule has 0 unspecified atom stereocenters. The number of aryl methyl sites for hydroxylation is 1. The Morgan fingerprint density at radius 2 is 1.72 bits per heavy atom. The lowest BCUT2D eigenvalue weighted by molar-refractivity contribution is 0.102. The average Bonchev–Trinajstić information content (AvgIpc) is 3.14. The Hall–Kier alpha value is -3.90. The van der Waals surface area contributed by atoms with Gasteiger partial charge in [-0.15, -0.1) is 0 Å². The molecular weight excluding hydrogens is 398 g/mol. The quantitative estimate of drug-likeness (QED) is 0.380. The maximum atomic E-state index is 12.8. The van der Waals surface area contributed by atoms with Gasteiger partial charge in [-0.1, -0.05) is 48.5 Å². The number of nitrogens with one attached hydrogen (secondary N) is 2. The van der Waals surface area contributed by atoms with Crippen LogP contribution in [0.4, 0.5) is 11.4 Å². The van der Waals surface area contributed by atoms with Gasteiger partial charge in [-0.3, -0.25) is 9.48 Å². The van der Waals surface area contributed by atoms with Crippen molar-refractivity contribution >= 4 is 17.3 Å². The van der Waals surface area contributed by atoms with E-state index in [1.807, 2.05) is 90.7 Å². The predicted octanol–water partition coefficient (Wildman–Crippen LogP) is 4.52. The number of carbonyl (C=O) groups excluding carboxylic acids is 1. The summed E-state index contributed by atoms with van der Waals surface area (Å²) < 4.78 is 1.87. The highest BCUT2D eigenvalue weighted by atomic mass is 16.1. The van der Waals surface area contributed by atoms with Crippen molar-refractivity contribution in [1.29, 1.82) is 0 Å². The molecule has 4 rings (SSSR count). The number of benzene rings is 3. The Kier molecular flexibility index (Phi) is 6.33. The van der Waals surface area contributed by atoms with Gasteiger partial charge in [-0.2, -0.15) is 5.10 Å². The molecule has 0 saturated heterocycles. The van der Waals surface area contributed by atoms with E-state index in [0.717, 1.165) is 28.9 Å². The molecule has 0 spiro atoms. The Labute approximate surface area is 188 Å². The lowest BCUT2D eigenvalue weighted by Gasteiger charge is -2.11. The number of hydrogen-bond acceptors (Lipinski definition) is 4. The number of rotatable bonds is 7. The molecule has 4 aromatic rings. The summed E-state index contributed by atoms with van der Waals surface area (Å²) in [6.07, 6.45) is 1.88. The number of hydrogen-bond donors (Lipinski definition) is 3. The van der Waals surface area contributed by atoms with Crippen molar-refractivity contribution in [2.75, 3.05) is 11.1 Å². The highest BCUT2D eigenvalue weighted by molar-refractivity contribution is 6.06. The van der Waals surface area contributed by atoms with Crippen molar-refractivity contribution in [2.24, 2.45) is 7.05 Å². The normalized spacial score (nSPS) is 10.8. The molecule has 0 aliphatic rings. The van der Waals surface area contributed by atoms with Crippen molar-refractivity contribution in [3.05, 3.63) is 101 Å². The third kappa shape index (κ3) is 4.87. The molecule has 0 radical (unpaired) electrons. The van der Waals surface area contributed by atoms with Gasteiger partial charge >= 0.3 is 0 Å².